The summed E-state index contributed by atoms with van der Waals surface area (Å²) in [7, 11) is 1.59. The molecule has 26 heavy (non-hydrogen) atoms. The van der Waals surface area contributed by atoms with Crippen molar-refractivity contribution in [3.63, 3.8) is 0 Å². The molecule has 0 atom stereocenters. The molecular formula is C19H22N4O3. The minimum absolute atomic E-state index is 0.00235. The topological polar surface area (TPSA) is 103 Å². The van der Waals surface area contributed by atoms with Gasteiger partial charge in [0.05, 0.1) is 18.9 Å². The van der Waals surface area contributed by atoms with Crippen LogP contribution in [-0.2, 0) is 11.3 Å². The lowest BCUT2D eigenvalue weighted by Gasteiger charge is -2.09. The van der Waals surface area contributed by atoms with Crippen molar-refractivity contribution in [2.45, 2.75) is 20.4 Å². The van der Waals surface area contributed by atoms with Crippen LogP contribution in [0.5, 0.6) is 5.75 Å². The summed E-state index contributed by atoms with van der Waals surface area (Å²) >= 11 is 0. The smallest absolute Gasteiger partial charge is 0.254 e. The zero-order valence-electron chi connectivity index (χ0n) is 15.1. The number of hydrogen-bond donors (Lipinski definition) is 2. The van der Waals surface area contributed by atoms with Crippen molar-refractivity contribution in [3.05, 3.63) is 65.9 Å². The third-order valence-electron chi connectivity index (χ3n) is 3.51. The number of aromatic nitrogens is 1. The molecule has 2 aromatic rings. The first-order chi connectivity index (χ1) is 12.4. The van der Waals surface area contributed by atoms with Crippen LogP contribution in [0.3, 0.4) is 0 Å². The number of hydrogen-bond acceptors (Lipinski definition) is 5. The van der Waals surface area contributed by atoms with E-state index in [2.05, 4.69) is 21.9 Å². The quantitative estimate of drug-likeness (QED) is 0.452. The van der Waals surface area contributed by atoms with Crippen LogP contribution < -0.4 is 15.8 Å². The fourth-order valence-electron chi connectivity index (χ4n) is 2.09. The van der Waals surface area contributed by atoms with Crippen molar-refractivity contribution in [3.8, 4) is 5.75 Å². The molecule has 0 radical (unpaired) electrons. The van der Waals surface area contributed by atoms with Crippen LogP contribution in [0.4, 0.5) is 0 Å². The molecule has 1 aromatic carbocycles. The number of nitrogens with two attached hydrogens (primary N) is 1. The molecular weight excluding hydrogens is 332 g/mol. The van der Waals surface area contributed by atoms with E-state index in [1.165, 1.54) is 12.5 Å². The van der Waals surface area contributed by atoms with Gasteiger partial charge in [-0.1, -0.05) is 18.7 Å². The number of carbonyl (C=O) groups is 1. The van der Waals surface area contributed by atoms with Gasteiger partial charge in [0, 0.05) is 6.54 Å². The molecule has 0 saturated carbocycles. The minimum Gasteiger partial charge on any atom is -0.497 e. The van der Waals surface area contributed by atoms with Gasteiger partial charge in [0.2, 0.25) is 5.89 Å². The van der Waals surface area contributed by atoms with Gasteiger partial charge in [0.1, 0.15) is 23.5 Å². The fourth-order valence-corrected chi connectivity index (χ4v) is 2.09. The molecule has 0 spiro atoms. The van der Waals surface area contributed by atoms with Crippen LogP contribution >= 0.6 is 0 Å². The number of benzene rings is 1. The molecule has 0 fully saturated rings. The number of amidine groups is 1. The van der Waals surface area contributed by atoms with E-state index in [1.54, 1.807) is 7.11 Å². The number of nitrogens with zero attached hydrogens (tertiary/aromatic N) is 2. The fraction of sp³-hybridized carbons (Fsp3) is 0.211. The highest BCUT2D eigenvalue weighted by Gasteiger charge is 2.14. The Bertz CT molecular complexity index is 847. The van der Waals surface area contributed by atoms with E-state index in [4.69, 9.17) is 14.9 Å². The maximum absolute atomic E-state index is 12.3. The third-order valence-corrected chi connectivity index (χ3v) is 3.51. The van der Waals surface area contributed by atoms with Gasteiger partial charge < -0.3 is 20.2 Å². The minimum atomic E-state index is -0.408. The van der Waals surface area contributed by atoms with Gasteiger partial charge in [0.25, 0.3) is 5.91 Å². The van der Waals surface area contributed by atoms with E-state index in [0.29, 0.717) is 18.1 Å². The summed E-state index contributed by atoms with van der Waals surface area (Å²) in [4.78, 5) is 20.6. The summed E-state index contributed by atoms with van der Waals surface area (Å²) in [5, 5.41) is 2.76. The maximum Gasteiger partial charge on any atom is 0.254 e. The van der Waals surface area contributed by atoms with Gasteiger partial charge in [-0.2, -0.15) is 0 Å². The standard InChI is InChI=1S/C19H22N4O3/c1-12(2)16(19-21-8-9-26-19)23-17(20)13(3)18(24)22-11-14-6-5-7-15(10-14)25-4/h5-10H,3,11H2,1-2,4H3,(H2,20,23)(H,22,24). The number of methoxy groups -OCH3 is 1. The Labute approximate surface area is 152 Å². The monoisotopic (exact) mass is 354 g/mol. The Morgan fingerprint density at radius 2 is 2.19 bits per heavy atom. The van der Waals surface area contributed by atoms with E-state index < -0.39 is 5.91 Å². The lowest BCUT2D eigenvalue weighted by atomic mass is 10.2. The van der Waals surface area contributed by atoms with E-state index in [0.717, 1.165) is 16.9 Å². The molecule has 1 heterocycles. The van der Waals surface area contributed by atoms with Crippen molar-refractivity contribution < 1.29 is 13.9 Å². The van der Waals surface area contributed by atoms with Crippen molar-refractivity contribution in [2.24, 2.45) is 10.7 Å². The van der Waals surface area contributed by atoms with Gasteiger partial charge in [-0.15, -0.1) is 0 Å². The van der Waals surface area contributed by atoms with E-state index in [-0.39, 0.29) is 11.4 Å². The summed E-state index contributed by atoms with van der Waals surface area (Å²) in [6.45, 7) is 7.74. The first kappa shape index (κ1) is 19.0. The number of amides is 1. The highest BCUT2D eigenvalue weighted by molar-refractivity contribution is 6.20. The Balaban J connectivity index is 2.06. The lowest BCUT2D eigenvalue weighted by molar-refractivity contribution is -0.117. The van der Waals surface area contributed by atoms with Crippen molar-refractivity contribution in [1.29, 1.82) is 0 Å². The second-order valence-electron chi connectivity index (χ2n) is 5.70. The van der Waals surface area contributed by atoms with Crippen LogP contribution in [0, 0.1) is 0 Å². The molecule has 7 nitrogen and oxygen atoms in total. The van der Waals surface area contributed by atoms with Gasteiger partial charge in [-0.05, 0) is 37.1 Å². The zero-order chi connectivity index (χ0) is 19.1. The summed E-state index contributed by atoms with van der Waals surface area (Å²) in [6, 6.07) is 7.40. The number of rotatable bonds is 7. The molecule has 2 rings (SSSR count). The normalized spacial score (nSPS) is 11.0. The van der Waals surface area contributed by atoms with E-state index in [1.807, 2.05) is 38.1 Å². The van der Waals surface area contributed by atoms with Gasteiger partial charge >= 0.3 is 0 Å². The molecule has 7 heteroatoms. The number of carbonyl (C=O) groups excluding carboxylic acids is 1. The van der Waals surface area contributed by atoms with Gasteiger partial charge in [0.15, 0.2) is 0 Å². The second kappa shape index (κ2) is 8.66. The Kier molecular flexibility index (Phi) is 6.32. The lowest BCUT2D eigenvalue weighted by Crippen LogP contribution is -2.30. The predicted molar refractivity (Wildman–Crippen MR) is 100 cm³/mol. The van der Waals surface area contributed by atoms with E-state index >= 15 is 0 Å². The van der Waals surface area contributed by atoms with Crippen molar-refractivity contribution in [2.75, 3.05) is 7.11 Å². The molecule has 0 unspecified atom stereocenters. The molecule has 0 aliphatic rings. The summed E-state index contributed by atoms with van der Waals surface area (Å²) in [5.41, 5.74) is 8.22. The summed E-state index contributed by atoms with van der Waals surface area (Å²) in [5.74, 6) is 0.644. The first-order valence-electron chi connectivity index (χ1n) is 7.94. The number of ether oxygens (including phenoxy) is 1. The second-order valence-corrected chi connectivity index (χ2v) is 5.70. The number of nitrogens with one attached hydrogen (secondary N) is 1. The van der Waals surface area contributed by atoms with Gasteiger partial charge in [-0.3, -0.25) is 4.79 Å². The number of oxazole rings is 1. The molecule has 0 aliphatic heterocycles. The van der Waals surface area contributed by atoms with E-state index in [9.17, 15) is 4.79 Å². The van der Waals surface area contributed by atoms with Crippen LogP contribution in [-0.4, -0.2) is 23.8 Å². The largest absolute Gasteiger partial charge is 0.497 e. The van der Waals surface area contributed by atoms with Crippen molar-refractivity contribution >= 4 is 17.4 Å². The molecule has 1 amide bonds. The SMILES string of the molecule is C=C(C(=O)NCc1cccc(OC)c1)C(N)=NC(=C(C)C)c1ncco1. The maximum atomic E-state index is 12.3. The number of aliphatic imine (C=N–C) groups is 1. The first-order valence-corrected chi connectivity index (χ1v) is 7.94. The average molecular weight is 354 g/mol. The van der Waals surface area contributed by atoms with Crippen molar-refractivity contribution in [1.82, 2.24) is 10.3 Å². The summed E-state index contributed by atoms with van der Waals surface area (Å²) in [6.07, 6.45) is 2.96. The molecule has 0 saturated heterocycles. The Morgan fingerprint density at radius 1 is 1.42 bits per heavy atom. The molecule has 3 N–H and O–H groups in total. The molecule has 0 aliphatic carbocycles. The third kappa shape index (κ3) is 4.83. The summed E-state index contributed by atoms with van der Waals surface area (Å²) < 4.78 is 10.4. The highest BCUT2D eigenvalue weighted by Crippen LogP contribution is 2.19. The molecule has 1 aromatic heterocycles. The highest BCUT2D eigenvalue weighted by atomic mass is 16.5. The average Bonchev–Trinajstić information content (AvgIpc) is 3.17. The zero-order valence-corrected chi connectivity index (χ0v) is 15.1. The Morgan fingerprint density at radius 3 is 2.81 bits per heavy atom. The number of allylic oxidation sites excluding steroid dienone is 1. The predicted octanol–water partition coefficient (Wildman–Crippen LogP) is 2.66. The van der Waals surface area contributed by atoms with Crippen LogP contribution in [0.1, 0.15) is 25.3 Å². The van der Waals surface area contributed by atoms with Crippen LogP contribution in [0.15, 0.2) is 63.9 Å². The Hall–Kier alpha value is -3.35. The van der Waals surface area contributed by atoms with Crippen LogP contribution in [0.2, 0.25) is 0 Å². The van der Waals surface area contributed by atoms with Gasteiger partial charge in [-0.25, -0.2) is 9.98 Å². The molecule has 0 bridgehead atoms. The van der Waals surface area contributed by atoms with Crippen LogP contribution in [0.25, 0.3) is 5.70 Å². The molecule has 136 valence electrons.